The number of benzene rings is 1. The second-order valence-corrected chi connectivity index (χ2v) is 8.33. The highest BCUT2D eigenvalue weighted by Gasteiger charge is 2.33. The molecule has 0 radical (unpaired) electrons. The molecule has 1 amide bonds. The van der Waals surface area contributed by atoms with Crippen molar-refractivity contribution in [3.63, 3.8) is 0 Å². The van der Waals surface area contributed by atoms with Gasteiger partial charge in [0, 0.05) is 24.6 Å². The molecule has 1 aromatic heterocycles. The molecule has 1 aromatic carbocycles. The van der Waals surface area contributed by atoms with Crippen LogP contribution in [0.1, 0.15) is 43.4 Å². The summed E-state index contributed by atoms with van der Waals surface area (Å²) in [5.74, 6) is -0.0809. The lowest BCUT2D eigenvalue weighted by atomic mass is 9.87. The molecule has 24 heavy (non-hydrogen) atoms. The van der Waals surface area contributed by atoms with E-state index in [1.54, 1.807) is 16.8 Å². The van der Waals surface area contributed by atoms with E-state index in [2.05, 4.69) is 10.4 Å². The van der Waals surface area contributed by atoms with E-state index in [1.165, 1.54) is 12.1 Å². The third-order valence-corrected chi connectivity index (χ3v) is 5.31. The highest BCUT2D eigenvalue weighted by atomic mass is 32.2. The van der Waals surface area contributed by atoms with Crippen LogP contribution in [0.5, 0.6) is 0 Å². The van der Waals surface area contributed by atoms with E-state index >= 15 is 0 Å². The second kappa shape index (κ2) is 5.62. The Morgan fingerprint density at radius 3 is 2.33 bits per heavy atom. The summed E-state index contributed by atoms with van der Waals surface area (Å²) in [6, 6.07) is 6.33. The number of nitrogens with zero attached hydrogens (tertiary/aromatic N) is 1. The summed E-state index contributed by atoms with van der Waals surface area (Å²) in [4.78, 5) is 24.7. The molecule has 0 fully saturated rings. The van der Waals surface area contributed by atoms with E-state index in [1.807, 2.05) is 13.8 Å². The maximum absolute atomic E-state index is 12.4. The predicted octanol–water partition coefficient (Wildman–Crippen LogP) is 1.63. The Labute approximate surface area is 139 Å². The number of rotatable bonds is 3. The summed E-state index contributed by atoms with van der Waals surface area (Å²) in [5, 5.41) is 5.52. The molecule has 8 heteroatoms. The first-order chi connectivity index (χ1) is 11.2. The summed E-state index contributed by atoms with van der Waals surface area (Å²) in [6.45, 7) is 3.82. The van der Waals surface area contributed by atoms with Crippen molar-refractivity contribution >= 4 is 21.6 Å². The fourth-order valence-corrected chi connectivity index (χ4v) is 3.63. The third-order valence-electron chi connectivity index (χ3n) is 4.19. The van der Waals surface area contributed by atoms with Crippen molar-refractivity contribution in [3.8, 4) is 0 Å². The van der Waals surface area contributed by atoms with Crippen molar-refractivity contribution in [3.05, 3.63) is 45.7 Å². The minimum absolute atomic E-state index is 0.00638. The zero-order valence-corrected chi connectivity index (χ0v) is 14.5. The molecule has 0 bridgehead atoms. The molecule has 1 aliphatic heterocycles. The molecule has 0 saturated carbocycles. The van der Waals surface area contributed by atoms with E-state index in [-0.39, 0.29) is 28.8 Å². The average Bonchev–Trinajstić information content (AvgIpc) is 2.83. The van der Waals surface area contributed by atoms with Gasteiger partial charge in [0.1, 0.15) is 5.82 Å². The Bertz CT molecular complexity index is 952. The molecule has 2 aromatic rings. The van der Waals surface area contributed by atoms with E-state index in [0.717, 1.165) is 11.8 Å². The largest absolute Gasteiger partial charge is 0.311 e. The normalized spacial score (nSPS) is 17.7. The van der Waals surface area contributed by atoms with Gasteiger partial charge in [0.25, 0.3) is 5.56 Å². The first-order valence-electron chi connectivity index (χ1n) is 7.62. The Morgan fingerprint density at radius 2 is 1.79 bits per heavy atom. The minimum Gasteiger partial charge on any atom is -0.311 e. The topological polar surface area (TPSA) is 101 Å². The van der Waals surface area contributed by atoms with Gasteiger partial charge in [-0.3, -0.25) is 19.4 Å². The molecule has 1 atom stereocenters. The van der Waals surface area contributed by atoms with Gasteiger partial charge in [-0.2, -0.15) is 0 Å². The van der Waals surface area contributed by atoms with Gasteiger partial charge in [0.05, 0.1) is 10.5 Å². The van der Waals surface area contributed by atoms with Crippen molar-refractivity contribution in [1.82, 2.24) is 9.78 Å². The Hall–Kier alpha value is -2.35. The smallest absolute Gasteiger partial charge is 0.270 e. The van der Waals surface area contributed by atoms with Gasteiger partial charge < -0.3 is 5.32 Å². The summed E-state index contributed by atoms with van der Waals surface area (Å²) < 4.78 is 24.8. The van der Waals surface area contributed by atoms with Gasteiger partial charge in [-0.1, -0.05) is 12.1 Å². The number of hydrogen-bond donors (Lipinski definition) is 2. The number of amides is 1. The number of carbonyl (C=O) groups excluding carboxylic acids is 1. The summed E-state index contributed by atoms with van der Waals surface area (Å²) in [5.41, 5.74) is 1.01. The average molecular weight is 349 g/mol. The number of sulfone groups is 1. The standard InChI is InChI=1S/C16H19N3O4S/c1-9(2)19-15-14(16(21)18-19)12(8-13(20)17-15)10-4-6-11(7-5-10)24(3,22)23/h4-7,9,12H,8H2,1-3H3,(H,17,20)(H,18,21)/t12-/m0/s1. The van der Waals surface area contributed by atoms with Gasteiger partial charge in [-0.25, -0.2) is 8.42 Å². The Morgan fingerprint density at radius 1 is 1.17 bits per heavy atom. The van der Waals surface area contributed by atoms with Crippen LogP contribution >= 0.6 is 0 Å². The fraction of sp³-hybridized carbons (Fsp3) is 0.375. The molecule has 2 N–H and O–H groups in total. The fourth-order valence-electron chi connectivity index (χ4n) is 3.00. The van der Waals surface area contributed by atoms with Gasteiger partial charge in [-0.05, 0) is 31.5 Å². The van der Waals surface area contributed by atoms with Crippen molar-refractivity contribution in [2.24, 2.45) is 0 Å². The predicted molar refractivity (Wildman–Crippen MR) is 90.1 cm³/mol. The van der Waals surface area contributed by atoms with Gasteiger partial charge in [-0.15, -0.1) is 0 Å². The molecule has 128 valence electrons. The summed E-state index contributed by atoms with van der Waals surface area (Å²) in [6.07, 6.45) is 1.29. The number of fused-ring (bicyclic) bond motifs is 1. The third kappa shape index (κ3) is 2.77. The lowest BCUT2D eigenvalue weighted by molar-refractivity contribution is -0.116. The van der Waals surface area contributed by atoms with Crippen LogP contribution in [0.25, 0.3) is 0 Å². The van der Waals surface area contributed by atoms with E-state index in [4.69, 9.17) is 0 Å². The molecule has 0 saturated heterocycles. The zero-order chi connectivity index (χ0) is 17.6. The maximum atomic E-state index is 12.4. The number of hydrogen-bond acceptors (Lipinski definition) is 4. The minimum atomic E-state index is -3.29. The lowest BCUT2D eigenvalue weighted by Crippen LogP contribution is -2.27. The monoisotopic (exact) mass is 349 g/mol. The number of carbonyl (C=O) groups is 1. The van der Waals surface area contributed by atoms with Crippen molar-refractivity contribution in [2.45, 2.75) is 37.1 Å². The van der Waals surface area contributed by atoms with Gasteiger partial charge >= 0.3 is 0 Å². The van der Waals surface area contributed by atoms with Crippen molar-refractivity contribution in [1.29, 1.82) is 0 Å². The SMILES string of the molecule is CC(C)n1[nH]c(=O)c2c1NC(=O)C[C@H]2c1ccc(S(C)(=O)=O)cc1. The Balaban J connectivity index is 2.11. The molecular weight excluding hydrogens is 330 g/mol. The van der Waals surface area contributed by atoms with E-state index in [9.17, 15) is 18.0 Å². The molecule has 7 nitrogen and oxygen atoms in total. The van der Waals surface area contributed by atoms with Crippen molar-refractivity contribution < 1.29 is 13.2 Å². The second-order valence-electron chi connectivity index (χ2n) is 6.31. The number of aromatic nitrogens is 2. The van der Waals surface area contributed by atoms with Crippen LogP contribution in [-0.4, -0.2) is 30.4 Å². The molecule has 1 aliphatic rings. The molecular formula is C16H19N3O4S. The highest BCUT2D eigenvalue weighted by molar-refractivity contribution is 7.90. The Kier molecular flexibility index (Phi) is 3.87. The maximum Gasteiger partial charge on any atom is 0.270 e. The summed E-state index contributed by atoms with van der Waals surface area (Å²) in [7, 11) is -3.29. The van der Waals surface area contributed by atoms with Crippen LogP contribution in [0.15, 0.2) is 34.0 Å². The molecule has 3 rings (SSSR count). The molecule has 2 heterocycles. The van der Waals surface area contributed by atoms with Crippen LogP contribution in [0.3, 0.4) is 0 Å². The zero-order valence-electron chi connectivity index (χ0n) is 13.7. The number of nitrogens with one attached hydrogen (secondary N) is 2. The first-order valence-corrected chi connectivity index (χ1v) is 9.52. The number of H-pyrrole nitrogens is 1. The van der Waals surface area contributed by atoms with Crippen molar-refractivity contribution in [2.75, 3.05) is 11.6 Å². The van der Waals surface area contributed by atoms with Crippen LogP contribution in [-0.2, 0) is 14.6 Å². The number of anilines is 1. The number of aromatic amines is 1. The van der Waals surface area contributed by atoms with Crippen LogP contribution in [0, 0.1) is 0 Å². The summed E-state index contributed by atoms with van der Waals surface area (Å²) >= 11 is 0. The van der Waals surface area contributed by atoms with Gasteiger partial charge in [0.15, 0.2) is 9.84 Å². The van der Waals surface area contributed by atoms with E-state index < -0.39 is 15.8 Å². The van der Waals surface area contributed by atoms with E-state index in [0.29, 0.717) is 11.4 Å². The lowest BCUT2D eigenvalue weighted by Gasteiger charge is -2.24. The van der Waals surface area contributed by atoms with Crippen LogP contribution in [0.4, 0.5) is 5.82 Å². The van der Waals surface area contributed by atoms with Crippen LogP contribution in [0.2, 0.25) is 0 Å². The van der Waals surface area contributed by atoms with Crippen LogP contribution < -0.4 is 10.9 Å². The quantitative estimate of drug-likeness (QED) is 0.879. The molecule has 0 spiro atoms. The molecule has 0 unspecified atom stereocenters. The molecule has 0 aliphatic carbocycles. The van der Waals surface area contributed by atoms with Gasteiger partial charge in [0.2, 0.25) is 5.91 Å². The first kappa shape index (κ1) is 16.5. The highest BCUT2D eigenvalue weighted by Crippen LogP contribution is 2.36.